The summed E-state index contributed by atoms with van der Waals surface area (Å²) in [5, 5.41) is 1.74. The molecule has 0 spiro atoms. The summed E-state index contributed by atoms with van der Waals surface area (Å²) in [6.45, 7) is 6.39. The first-order chi connectivity index (χ1) is 12.9. The van der Waals surface area contributed by atoms with E-state index in [0.29, 0.717) is 19.6 Å². The molecule has 2 rings (SSSR count). The topological polar surface area (TPSA) is 38.8 Å². The van der Waals surface area contributed by atoms with E-state index in [2.05, 4.69) is 0 Å². The molecular formula is C20H23ClFNO3S. The lowest BCUT2D eigenvalue weighted by molar-refractivity contribution is -0.197. The molecule has 0 radical (unpaired) electrons. The van der Waals surface area contributed by atoms with Crippen molar-refractivity contribution in [3.63, 3.8) is 0 Å². The van der Waals surface area contributed by atoms with Crippen LogP contribution in [0.1, 0.15) is 27.2 Å². The number of benzene rings is 2. The van der Waals surface area contributed by atoms with Crippen LogP contribution in [0.2, 0.25) is 5.02 Å². The summed E-state index contributed by atoms with van der Waals surface area (Å²) >= 11 is 7.32. The van der Waals surface area contributed by atoms with Gasteiger partial charge in [-0.3, -0.25) is 4.79 Å². The SMILES string of the molecule is CCN(OC(C)=O)C(C)CCOc1ccccc1Sc1ccc(F)c(Cl)c1. The minimum atomic E-state index is -0.437. The van der Waals surface area contributed by atoms with Gasteiger partial charge in [0.2, 0.25) is 0 Å². The Morgan fingerprint density at radius 2 is 2.04 bits per heavy atom. The van der Waals surface area contributed by atoms with Gasteiger partial charge in [0.15, 0.2) is 0 Å². The molecule has 146 valence electrons. The molecule has 2 aromatic carbocycles. The third-order valence-corrected chi connectivity index (χ3v) is 5.15. The zero-order chi connectivity index (χ0) is 19.8. The van der Waals surface area contributed by atoms with E-state index in [0.717, 1.165) is 15.5 Å². The minimum Gasteiger partial charge on any atom is -0.492 e. The summed E-state index contributed by atoms with van der Waals surface area (Å²) in [6.07, 6.45) is 0.697. The second-order valence-electron chi connectivity index (χ2n) is 5.93. The van der Waals surface area contributed by atoms with Gasteiger partial charge < -0.3 is 9.57 Å². The predicted octanol–water partition coefficient (Wildman–Crippen LogP) is 5.59. The maximum absolute atomic E-state index is 13.3. The molecule has 0 aliphatic carbocycles. The summed E-state index contributed by atoms with van der Waals surface area (Å²) < 4.78 is 19.3. The second-order valence-corrected chi connectivity index (χ2v) is 7.45. The number of hydroxylamine groups is 2. The maximum atomic E-state index is 13.3. The third-order valence-electron chi connectivity index (χ3n) is 3.81. The Kier molecular flexibility index (Phi) is 8.41. The van der Waals surface area contributed by atoms with Gasteiger partial charge in [-0.25, -0.2) is 4.39 Å². The summed E-state index contributed by atoms with van der Waals surface area (Å²) in [7, 11) is 0. The van der Waals surface area contributed by atoms with Crippen molar-refractivity contribution in [1.82, 2.24) is 5.06 Å². The van der Waals surface area contributed by atoms with Crippen molar-refractivity contribution in [3.8, 4) is 5.75 Å². The fourth-order valence-corrected chi connectivity index (χ4v) is 3.62. The van der Waals surface area contributed by atoms with Gasteiger partial charge in [0, 0.05) is 24.4 Å². The number of hydrogen-bond donors (Lipinski definition) is 0. The fraction of sp³-hybridized carbons (Fsp3) is 0.350. The van der Waals surface area contributed by atoms with E-state index >= 15 is 0 Å². The molecule has 1 unspecified atom stereocenters. The number of nitrogens with zero attached hydrogens (tertiary/aromatic N) is 1. The van der Waals surface area contributed by atoms with Crippen LogP contribution in [0.3, 0.4) is 0 Å². The van der Waals surface area contributed by atoms with E-state index in [4.69, 9.17) is 21.2 Å². The molecule has 0 N–H and O–H groups in total. The Labute approximate surface area is 168 Å². The Bertz CT molecular complexity index is 775. The molecule has 7 heteroatoms. The van der Waals surface area contributed by atoms with Gasteiger partial charge in [0.05, 0.1) is 16.5 Å². The Hall–Kier alpha value is -1.76. The first-order valence-electron chi connectivity index (χ1n) is 8.70. The van der Waals surface area contributed by atoms with Crippen LogP contribution in [0.15, 0.2) is 52.3 Å². The Balaban J connectivity index is 1.97. The van der Waals surface area contributed by atoms with Crippen molar-refractivity contribution >= 4 is 29.3 Å². The molecule has 4 nitrogen and oxygen atoms in total. The van der Waals surface area contributed by atoms with Crippen LogP contribution in [-0.4, -0.2) is 30.2 Å². The van der Waals surface area contributed by atoms with Crippen molar-refractivity contribution in [2.45, 2.75) is 43.0 Å². The van der Waals surface area contributed by atoms with E-state index in [9.17, 15) is 9.18 Å². The van der Waals surface area contributed by atoms with Crippen LogP contribution >= 0.6 is 23.4 Å². The number of hydrogen-bond acceptors (Lipinski definition) is 5. The van der Waals surface area contributed by atoms with Gasteiger partial charge in [0.1, 0.15) is 11.6 Å². The molecule has 0 bridgehead atoms. The number of rotatable bonds is 9. The van der Waals surface area contributed by atoms with E-state index < -0.39 is 5.82 Å². The molecule has 0 fully saturated rings. The first kappa shape index (κ1) is 21.5. The zero-order valence-corrected chi connectivity index (χ0v) is 17.1. The highest BCUT2D eigenvalue weighted by molar-refractivity contribution is 7.99. The van der Waals surface area contributed by atoms with Gasteiger partial charge in [-0.2, -0.15) is 0 Å². The van der Waals surface area contributed by atoms with Crippen LogP contribution in [0, 0.1) is 5.82 Å². The lowest BCUT2D eigenvalue weighted by atomic mass is 10.2. The average Bonchev–Trinajstić information content (AvgIpc) is 2.64. The summed E-state index contributed by atoms with van der Waals surface area (Å²) in [6, 6.07) is 12.3. The monoisotopic (exact) mass is 411 g/mol. The summed E-state index contributed by atoms with van der Waals surface area (Å²) in [5.41, 5.74) is 0. The predicted molar refractivity (Wildman–Crippen MR) is 106 cm³/mol. The lowest BCUT2D eigenvalue weighted by Gasteiger charge is -2.25. The normalized spacial score (nSPS) is 12.1. The van der Waals surface area contributed by atoms with Gasteiger partial charge in [-0.15, -0.1) is 5.06 Å². The van der Waals surface area contributed by atoms with Gasteiger partial charge in [0.25, 0.3) is 0 Å². The highest BCUT2D eigenvalue weighted by atomic mass is 35.5. The first-order valence-corrected chi connectivity index (χ1v) is 9.90. The molecule has 2 aromatic rings. The molecule has 0 aromatic heterocycles. The van der Waals surface area contributed by atoms with E-state index in [1.54, 1.807) is 17.2 Å². The standard InChI is InChI=1S/C20H23ClFNO3S/c1-4-23(26-15(3)24)14(2)11-12-25-19-7-5-6-8-20(19)27-16-9-10-18(22)17(21)13-16/h5-10,13-14H,4,11-12H2,1-3H3. The quantitative estimate of drug-likeness (QED) is 0.503. The number of para-hydroxylation sites is 1. The lowest BCUT2D eigenvalue weighted by Crippen LogP contribution is -2.35. The molecule has 0 amide bonds. The van der Waals surface area contributed by atoms with Crippen LogP contribution in [0.4, 0.5) is 4.39 Å². The third kappa shape index (κ3) is 6.72. The van der Waals surface area contributed by atoms with Gasteiger partial charge in [-0.05, 0) is 50.6 Å². The highest BCUT2D eigenvalue weighted by Crippen LogP contribution is 2.36. The molecule has 1 atom stereocenters. The van der Waals surface area contributed by atoms with Crippen molar-refractivity contribution in [2.75, 3.05) is 13.2 Å². The molecular weight excluding hydrogens is 389 g/mol. The number of carbonyl (C=O) groups excluding carboxylic acids is 1. The minimum absolute atomic E-state index is 0.0367. The second kappa shape index (κ2) is 10.5. The Morgan fingerprint density at radius 1 is 1.30 bits per heavy atom. The number of ether oxygens (including phenoxy) is 1. The molecule has 27 heavy (non-hydrogen) atoms. The fourth-order valence-electron chi connectivity index (χ4n) is 2.44. The van der Waals surface area contributed by atoms with Crippen molar-refractivity contribution in [3.05, 3.63) is 53.3 Å². The van der Waals surface area contributed by atoms with Crippen LogP contribution in [-0.2, 0) is 9.63 Å². The van der Waals surface area contributed by atoms with Crippen molar-refractivity contribution in [1.29, 1.82) is 0 Å². The summed E-state index contributed by atoms with van der Waals surface area (Å²) in [5.74, 6) is -0.0252. The maximum Gasteiger partial charge on any atom is 0.322 e. The summed E-state index contributed by atoms with van der Waals surface area (Å²) in [4.78, 5) is 18.1. The molecule has 0 saturated carbocycles. The smallest absolute Gasteiger partial charge is 0.322 e. The van der Waals surface area contributed by atoms with Gasteiger partial charge >= 0.3 is 5.97 Å². The average molecular weight is 412 g/mol. The highest BCUT2D eigenvalue weighted by Gasteiger charge is 2.15. The van der Waals surface area contributed by atoms with Crippen LogP contribution < -0.4 is 4.74 Å². The molecule has 0 aliphatic rings. The largest absolute Gasteiger partial charge is 0.492 e. The van der Waals surface area contributed by atoms with Crippen LogP contribution in [0.25, 0.3) is 0 Å². The van der Waals surface area contributed by atoms with Crippen LogP contribution in [0.5, 0.6) is 5.75 Å². The van der Waals surface area contributed by atoms with Crippen molar-refractivity contribution < 1.29 is 18.8 Å². The Morgan fingerprint density at radius 3 is 2.70 bits per heavy atom. The molecule has 0 saturated heterocycles. The zero-order valence-electron chi connectivity index (χ0n) is 15.6. The van der Waals surface area contributed by atoms with E-state index in [1.807, 2.05) is 38.1 Å². The van der Waals surface area contributed by atoms with E-state index in [-0.39, 0.29) is 17.0 Å². The van der Waals surface area contributed by atoms with E-state index in [1.165, 1.54) is 24.8 Å². The number of halogens is 2. The molecule has 0 heterocycles. The van der Waals surface area contributed by atoms with Gasteiger partial charge in [-0.1, -0.05) is 35.5 Å². The number of carbonyl (C=O) groups is 1. The van der Waals surface area contributed by atoms with Crippen molar-refractivity contribution in [2.24, 2.45) is 0 Å². The molecule has 0 aliphatic heterocycles.